The van der Waals surface area contributed by atoms with Crippen LogP contribution in [-0.2, 0) is 6.61 Å². The predicted molar refractivity (Wildman–Crippen MR) is 85.3 cm³/mol. The van der Waals surface area contributed by atoms with E-state index >= 15 is 0 Å². The van der Waals surface area contributed by atoms with Crippen LogP contribution in [-0.4, -0.2) is 10.2 Å². The van der Waals surface area contributed by atoms with Crippen LogP contribution >= 0.6 is 11.3 Å². The van der Waals surface area contributed by atoms with Crippen LogP contribution in [0.1, 0.15) is 11.1 Å². The van der Waals surface area contributed by atoms with Gasteiger partial charge in [0.2, 0.25) is 5.13 Å². The molecule has 3 rings (SSSR count). The fourth-order valence-corrected chi connectivity index (χ4v) is 2.51. The maximum Gasteiger partial charge on any atom is 0.203 e. The van der Waals surface area contributed by atoms with Crippen LogP contribution in [0.2, 0.25) is 0 Å². The Labute approximate surface area is 127 Å². The molecule has 0 aliphatic carbocycles. The second-order valence-electron chi connectivity index (χ2n) is 4.74. The molecule has 0 spiro atoms. The Morgan fingerprint density at radius 1 is 1.00 bits per heavy atom. The molecule has 0 fully saturated rings. The third-order valence-corrected chi connectivity index (χ3v) is 3.87. The SMILES string of the molecule is Cc1ccc(COc2ccc(-c3nnc(N)s3)cc2)cc1. The molecule has 0 amide bonds. The third-order valence-electron chi connectivity index (χ3n) is 3.07. The van der Waals surface area contributed by atoms with Crippen molar-refractivity contribution in [2.45, 2.75) is 13.5 Å². The van der Waals surface area contributed by atoms with E-state index in [0.717, 1.165) is 21.9 Å². The molecule has 0 saturated heterocycles. The van der Waals surface area contributed by atoms with E-state index in [1.807, 2.05) is 24.3 Å². The highest BCUT2D eigenvalue weighted by Crippen LogP contribution is 2.26. The van der Waals surface area contributed by atoms with Gasteiger partial charge in [-0.2, -0.15) is 0 Å². The number of nitrogens with two attached hydrogens (primary N) is 1. The van der Waals surface area contributed by atoms with E-state index < -0.39 is 0 Å². The highest BCUT2D eigenvalue weighted by molar-refractivity contribution is 7.18. The zero-order valence-electron chi connectivity index (χ0n) is 11.6. The first-order valence-electron chi connectivity index (χ1n) is 6.58. The average molecular weight is 297 g/mol. The largest absolute Gasteiger partial charge is 0.489 e. The van der Waals surface area contributed by atoms with E-state index in [1.54, 1.807) is 0 Å². The topological polar surface area (TPSA) is 61.0 Å². The van der Waals surface area contributed by atoms with Crippen LogP contribution < -0.4 is 10.5 Å². The Kier molecular flexibility index (Phi) is 3.83. The summed E-state index contributed by atoms with van der Waals surface area (Å²) in [7, 11) is 0. The molecule has 4 nitrogen and oxygen atoms in total. The Morgan fingerprint density at radius 3 is 2.33 bits per heavy atom. The fraction of sp³-hybridized carbons (Fsp3) is 0.125. The number of nitrogens with zero attached hydrogens (tertiary/aromatic N) is 2. The number of anilines is 1. The molecule has 0 aliphatic heterocycles. The van der Waals surface area contributed by atoms with Crippen molar-refractivity contribution < 1.29 is 4.74 Å². The van der Waals surface area contributed by atoms with Crippen LogP contribution in [0.5, 0.6) is 5.75 Å². The molecule has 1 heterocycles. The number of hydrogen-bond acceptors (Lipinski definition) is 5. The van der Waals surface area contributed by atoms with Crippen LogP contribution in [0.25, 0.3) is 10.6 Å². The molecule has 3 aromatic rings. The number of aryl methyl sites for hydroxylation is 1. The lowest BCUT2D eigenvalue weighted by Gasteiger charge is -2.07. The molecule has 0 unspecified atom stereocenters. The van der Waals surface area contributed by atoms with E-state index in [-0.39, 0.29) is 0 Å². The number of hydrogen-bond donors (Lipinski definition) is 1. The van der Waals surface area contributed by atoms with Gasteiger partial charge in [-0.25, -0.2) is 0 Å². The van der Waals surface area contributed by atoms with Crippen molar-refractivity contribution in [3.05, 3.63) is 59.7 Å². The zero-order chi connectivity index (χ0) is 14.7. The Morgan fingerprint density at radius 2 is 1.71 bits per heavy atom. The smallest absolute Gasteiger partial charge is 0.203 e. The summed E-state index contributed by atoms with van der Waals surface area (Å²) in [6, 6.07) is 16.1. The Hall–Kier alpha value is -2.40. The van der Waals surface area contributed by atoms with E-state index in [1.165, 1.54) is 16.9 Å². The summed E-state index contributed by atoms with van der Waals surface area (Å²) in [4.78, 5) is 0. The monoisotopic (exact) mass is 297 g/mol. The summed E-state index contributed by atoms with van der Waals surface area (Å²) in [6.45, 7) is 2.63. The molecule has 0 saturated carbocycles. The lowest BCUT2D eigenvalue weighted by atomic mass is 10.2. The highest BCUT2D eigenvalue weighted by Gasteiger charge is 2.04. The normalized spacial score (nSPS) is 10.5. The van der Waals surface area contributed by atoms with Gasteiger partial charge in [0.25, 0.3) is 0 Å². The standard InChI is InChI=1S/C16H15N3OS/c1-11-2-4-12(5-3-11)10-20-14-8-6-13(7-9-14)15-18-19-16(17)21-15/h2-9H,10H2,1H3,(H2,17,19). The Bertz CT molecular complexity index is 720. The zero-order valence-corrected chi connectivity index (χ0v) is 12.4. The van der Waals surface area contributed by atoms with Crippen molar-refractivity contribution in [1.82, 2.24) is 10.2 Å². The van der Waals surface area contributed by atoms with Crippen molar-refractivity contribution in [2.75, 3.05) is 5.73 Å². The van der Waals surface area contributed by atoms with Crippen molar-refractivity contribution in [3.8, 4) is 16.3 Å². The van der Waals surface area contributed by atoms with E-state index in [2.05, 4.69) is 41.4 Å². The minimum absolute atomic E-state index is 0.477. The Balaban J connectivity index is 1.65. The van der Waals surface area contributed by atoms with Gasteiger partial charge in [-0.1, -0.05) is 41.2 Å². The lowest BCUT2D eigenvalue weighted by molar-refractivity contribution is 0.306. The molecule has 0 aliphatic rings. The first-order chi connectivity index (χ1) is 10.2. The molecule has 0 bridgehead atoms. The molecule has 2 aromatic carbocycles. The minimum Gasteiger partial charge on any atom is -0.489 e. The first-order valence-corrected chi connectivity index (χ1v) is 7.40. The van der Waals surface area contributed by atoms with Gasteiger partial charge in [0, 0.05) is 5.56 Å². The van der Waals surface area contributed by atoms with E-state index in [0.29, 0.717) is 11.7 Å². The van der Waals surface area contributed by atoms with Gasteiger partial charge in [0.1, 0.15) is 17.4 Å². The third kappa shape index (κ3) is 3.38. The quantitative estimate of drug-likeness (QED) is 0.798. The number of ether oxygens (including phenoxy) is 1. The first kappa shape index (κ1) is 13.6. The number of benzene rings is 2. The summed E-state index contributed by atoms with van der Waals surface area (Å²) in [5, 5.41) is 9.13. The summed E-state index contributed by atoms with van der Waals surface area (Å²) >= 11 is 1.37. The van der Waals surface area contributed by atoms with E-state index in [9.17, 15) is 0 Å². The second-order valence-corrected chi connectivity index (χ2v) is 5.75. The summed E-state index contributed by atoms with van der Waals surface area (Å²) in [5.74, 6) is 0.830. The van der Waals surface area contributed by atoms with Crippen LogP contribution in [0, 0.1) is 6.92 Å². The molecular formula is C16H15N3OS. The number of rotatable bonds is 4. The van der Waals surface area contributed by atoms with E-state index in [4.69, 9.17) is 10.5 Å². The maximum atomic E-state index is 5.77. The van der Waals surface area contributed by atoms with Gasteiger partial charge in [-0.15, -0.1) is 10.2 Å². The predicted octanol–water partition coefficient (Wildman–Crippen LogP) is 3.67. The minimum atomic E-state index is 0.477. The van der Waals surface area contributed by atoms with Gasteiger partial charge >= 0.3 is 0 Å². The summed E-state index contributed by atoms with van der Waals surface area (Å²) in [5.41, 5.74) is 8.98. The maximum absolute atomic E-state index is 5.77. The van der Waals surface area contributed by atoms with Gasteiger partial charge < -0.3 is 10.5 Å². The average Bonchev–Trinajstić information content (AvgIpc) is 2.94. The molecule has 1 aromatic heterocycles. The fourth-order valence-electron chi connectivity index (χ4n) is 1.90. The number of nitrogen functional groups attached to an aromatic ring is 1. The molecule has 0 radical (unpaired) electrons. The van der Waals surface area contributed by atoms with Crippen molar-refractivity contribution >= 4 is 16.5 Å². The molecule has 5 heteroatoms. The van der Waals surface area contributed by atoms with Crippen LogP contribution in [0.15, 0.2) is 48.5 Å². The summed E-state index contributed by atoms with van der Waals surface area (Å²) in [6.07, 6.45) is 0. The lowest BCUT2D eigenvalue weighted by Crippen LogP contribution is -1.95. The van der Waals surface area contributed by atoms with Gasteiger partial charge in [0.15, 0.2) is 0 Å². The van der Waals surface area contributed by atoms with Crippen molar-refractivity contribution in [1.29, 1.82) is 0 Å². The second kappa shape index (κ2) is 5.93. The van der Waals surface area contributed by atoms with Gasteiger partial charge in [0.05, 0.1) is 0 Å². The molecule has 106 valence electrons. The van der Waals surface area contributed by atoms with Crippen molar-refractivity contribution in [2.24, 2.45) is 0 Å². The number of aromatic nitrogens is 2. The van der Waals surface area contributed by atoms with Gasteiger partial charge in [-0.05, 0) is 36.8 Å². The summed E-state index contributed by atoms with van der Waals surface area (Å²) < 4.78 is 5.77. The highest BCUT2D eigenvalue weighted by atomic mass is 32.1. The van der Waals surface area contributed by atoms with Crippen LogP contribution in [0.4, 0.5) is 5.13 Å². The van der Waals surface area contributed by atoms with Crippen LogP contribution in [0.3, 0.4) is 0 Å². The van der Waals surface area contributed by atoms with Gasteiger partial charge in [-0.3, -0.25) is 0 Å². The van der Waals surface area contributed by atoms with Crippen molar-refractivity contribution in [3.63, 3.8) is 0 Å². The molecule has 0 atom stereocenters. The molecule has 2 N–H and O–H groups in total. The molecule has 21 heavy (non-hydrogen) atoms. The molecular weight excluding hydrogens is 282 g/mol.